The minimum absolute atomic E-state index is 0. The summed E-state index contributed by atoms with van der Waals surface area (Å²) < 4.78 is 0. The van der Waals surface area contributed by atoms with Crippen LogP contribution in [0.4, 0.5) is 0 Å². The number of carboxylic acids is 1. The van der Waals surface area contributed by atoms with E-state index in [0.717, 1.165) is 17.5 Å². The van der Waals surface area contributed by atoms with Gasteiger partial charge < -0.3 is 15.3 Å². The van der Waals surface area contributed by atoms with Crippen LogP contribution in [0.3, 0.4) is 0 Å². The fourth-order valence-corrected chi connectivity index (χ4v) is 2.57. The Balaban J connectivity index is 0.00000529. The summed E-state index contributed by atoms with van der Waals surface area (Å²) in [6.07, 6.45) is 0.897. The molecule has 0 bridgehead atoms. The van der Waals surface area contributed by atoms with Crippen molar-refractivity contribution in [1.82, 2.24) is 10.2 Å². The standard InChI is InChI=1S/C18H28N2O3.Na.H/c1-12(2)10-14-8-6-7-9-15(14)13(3)17(21)19-16(18(22)23)11-20(4)5;;/h6-9,12-13,16H,10-11H2,1-5H3,(H,19,21)(H,22,23);;. The molecule has 6 heteroatoms. The van der Waals surface area contributed by atoms with Gasteiger partial charge in [0.15, 0.2) is 0 Å². The molecule has 0 aliphatic rings. The van der Waals surface area contributed by atoms with Gasteiger partial charge in [-0.3, -0.25) is 4.79 Å². The zero-order valence-electron chi connectivity index (χ0n) is 14.7. The third kappa shape index (κ3) is 7.34. The van der Waals surface area contributed by atoms with E-state index >= 15 is 0 Å². The van der Waals surface area contributed by atoms with E-state index in [2.05, 4.69) is 19.2 Å². The quantitative estimate of drug-likeness (QED) is 0.701. The first-order valence-electron chi connectivity index (χ1n) is 7.98. The Morgan fingerprint density at radius 2 is 1.75 bits per heavy atom. The Hall–Kier alpha value is -0.880. The zero-order valence-corrected chi connectivity index (χ0v) is 14.7. The van der Waals surface area contributed by atoms with E-state index in [4.69, 9.17) is 0 Å². The summed E-state index contributed by atoms with van der Waals surface area (Å²) in [6, 6.07) is 6.96. The molecule has 0 fully saturated rings. The summed E-state index contributed by atoms with van der Waals surface area (Å²) in [7, 11) is 3.56. The number of hydrogen-bond acceptors (Lipinski definition) is 3. The molecule has 5 nitrogen and oxygen atoms in total. The Labute approximate surface area is 167 Å². The van der Waals surface area contributed by atoms with E-state index in [0.29, 0.717) is 5.92 Å². The van der Waals surface area contributed by atoms with Gasteiger partial charge in [-0.05, 0) is 44.5 Å². The molecule has 0 radical (unpaired) electrons. The molecule has 1 amide bonds. The molecular formula is C18H29N2NaO3. The van der Waals surface area contributed by atoms with Gasteiger partial charge >= 0.3 is 35.5 Å². The number of likely N-dealkylation sites (N-methyl/N-ethyl adjacent to an activating group) is 1. The van der Waals surface area contributed by atoms with Crippen molar-refractivity contribution in [1.29, 1.82) is 0 Å². The van der Waals surface area contributed by atoms with Gasteiger partial charge in [0.25, 0.3) is 0 Å². The second kappa shape index (κ2) is 10.9. The summed E-state index contributed by atoms with van der Waals surface area (Å²) in [5.41, 5.74) is 2.11. The van der Waals surface area contributed by atoms with Crippen LogP contribution in [-0.4, -0.2) is 78.1 Å². The van der Waals surface area contributed by atoms with Gasteiger partial charge in [-0.2, -0.15) is 0 Å². The maximum atomic E-state index is 12.5. The molecule has 0 saturated carbocycles. The predicted molar refractivity (Wildman–Crippen MR) is 98.7 cm³/mol. The molecule has 0 aliphatic heterocycles. The molecule has 0 heterocycles. The normalized spacial score (nSPS) is 13.3. The van der Waals surface area contributed by atoms with Gasteiger partial charge in [-0.1, -0.05) is 38.1 Å². The Morgan fingerprint density at radius 3 is 2.25 bits per heavy atom. The van der Waals surface area contributed by atoms with Gasteiger partial charge in [0, 0.05) is 6.54 Å². The second-order valence-electron chi connectivity index (χ2n) is 6.68. The average molecular weight is 344 g/mol. The molecule has 1 rings (SSSR count). The number of amides is 1. The van der Waals surface area contributed by atoms with Crippen LogP contribution in [0.2, 0.25) is 0 Å². The van der Waals surface area contributed by atoms with E-state index in [9.17, 15) is 14.7 Å². The Morgan fingerprint density at radius 1 is 1.17 bits per heavy atom. The molecule has 130 valence electrons. The van der Waals surface area contributed by atoms with Gasteiger partial charge in [-0.15, -0.1) is 0 Å². The van der Waals surface area contributed by atoms with Crippen LogP contribution in [0.25, 0.3) is 0 Å². The summed E-state index contributed by atoms with van der Waals surface area (Å²) in [5.74, 6) is -1.16. The van der Waals surface area contributed by atoms with Gasteiger partial charge in [-0.25, -0.2) is 4.79 Å². The second-order valence-corrected chi connectivity index (χ2v) is 6.68. The van der Waals surface area contributed by atoms with E-state index in [-0.39, 0.29) is 47.9 Å². The molecule has 0 aromatic heterocycles. The van der Waals surface area contributed by atoms with Gasteiger partial charge in [0.2, 0.25) is 5.91 Å². The maximum absolute atomic E-state index is 12.5. The van der Waals surface area contributed by atoms with Crippen molar-refractivity contribution >= 4 is 41.4 Å². The molecule has 1 aromatic carbocycles. The molecule has 2 unspecified atom stereocenters. The Bertz CT molecular complexity index is 547. The summed E-state index contributed by atoms with van der Waals surface area (Å²) in [5, 5.41) is 11.9. The zero-order chi connectivity index (χ0) is 17.6. The van der Waals surface area contributed by atoms with Gasteiger partial charge in [0.05, 0.1) is 5.92 Å². The Kier molecular flexibility index (Phi) is 10.5. The van der Waals surface area contributed by atoms with Gasteiger partial charge in [0.1, 0.15) is 6.04 Å². The molecule has 2 N–H and O–H groups in total. The number of carboxylic acid groups (broad SMARTS) is 1. The number of carbonyl (C=O) groups excluding carboxylic acids is 1. The number of hydrogen-bond donors (Lipinski definition) is 2. The van der Waals surface area contributed by atoms with Crippen LogP contribution in [0.5, 0.6) is 0 Å². The minimum atomic E-state index is -1.02. The topological polar surface area (TPSA) is 69.6 Å². The van der Waals surface area contributed by atoms with Crippen molar-refractivity contribution in [3.63, 3.8) is 0 Å². The predicted octanol–water partition coefficient (Wildman–Crippen LogP) is 1.47. The first kappa shape index (κ1) is 23.1. The van der Waals surface area contributed by atoms with Crippen LogP contribution in [0.1, 0.15) is 37.8 Å². The monoisotopic (exact) mass is 344 g/mol. The van der Waals surface area contributed by atoms with Crippen LogP contribution in [-0.2, 0) is 16.0 Å². The molecule has 24 heavy (non-hydrogen) atoms. The molecule has 1 aromatic rings. The van der Waals surface area contributed by atoms with Crippen molar-refractivity contribution < 1.29 is 14.7 Å². The van der Waals surface area contributed by atoms with Crippen LogP contribution >= 0.6 is 0 Å². The van der Waals surface area contributed by atoms with Crippen molar-refractivity contribution in [3.8, 4) is 0 Å². The van der Waals surface area contributed by atoms with Crippen molar-refractivity contribution in [2.45, 2.75) is 39.2 Å². The third-order valence-corrected chi connectivity index (χ3v) is 3.71. The number of nitrogens with one attached hydrogen (secondary N) is 1. The van der Waals surface area contributed by atoms with Crippen LogP contribution in [0, 0.1) is 5.92 Å². The molecule has 0 spiro atoms. The van der Waals surface area contributed by atoms with E-state index < -0.39 is 12.0 Å². The number of rotatable bonds is 8. The summed E-state index contributed by atoms with van der Waals surface area (Å²) in [4.78, 5) is 25.5. The van der Waals surface area contributed by atoms with Crippen LogP contribution in [0.15, 0.2) is 24.3 Å². The SMILES string of the molecule is CC(C)Cc1ccccc1C(C)C(=O)NC(CN(C)C)C(=O)O.[NaH]. The number of aliphatic carboxylic acids is 1. The van der Waals surface area contributed by atoms with Crippen molar-refractivity contribution in [3.05, 3.63) is 35.4 Å². The average Bonchev–Trinajstić information content (AvgIpc) is 2.45. The van der Waals surface area contributed by atoms with E-state index in [1.165, 1.54) is 0 Å². The molecule has 2 atom stereocenters. The first-order chi connectivity index (χ1) is 10.7. The fourth-order valence-electron chi connectivity index (χ4n) is 2.57. The molecular weight excluding hydrogens is 315 g/mol. The first-order valence-corrected chi connectivity index (χ1v) is 7.98. The molecule has 0 aliphatic carbocycles. The van der Waals surface area contributed by atoms with Crippen molar-refractivity contribution in [2.75, 3.05) is 20.6 Å². The van der Waals surface area contributed by atoms with E-state index in [1.54, 1.807) is 19.0 Å². The summed E-state index contributed by atoms with van der Waals surface area (Å²) >= 11 is 0. The number of nitrogens with zero attached hydrogens (tertiary/aromatic N) is 1. The number of carbonyl (C=O) groups is 2. The van der Waals surface area contributed by atoms with E-state index in [1.807, 2.05) is 31.2 Å². The number of benzene rings is 1. The molecule has 0 saturated heterocycles. The fraction of sp³-hybridized carbons (Fsp3) is 0.556. The third-order valence-electron chi connectivity index (χ3n) is 3.71. The van der Waals surface area contributed by atoms with Crippen LogP contribution < -0.4 is 5.32 Å². The summed E-state index contributed by atoms with van der Waals surface area (Å²) in [6.45, 7) is 6.36. The van der Waals surface area contributed by atoms with Crippen molar-refractivity contribution in [2.24, 2.45) is 5.92 Å².